The first-order valence-corrected chi connectivity index (χ1v) is 11.4. The fourth-order valence-corrected chi connectivity index (χ4v) is 4.00. The number of nitrogens with zero attached hydrogens (tertiary/aromatic N) is 4. The Bertz CT molecular complexity index is 1210. The van der Waals surface area contributed by atoms with E-state index >= 15 is 0 Å². The average Bonchev–Trinajstić information content (AvgIpc) is 3.40. The van der Waals surface area contributed by atoms with Crippen LogP contribution in [0.2, 0.25) is 0 Å². The van der Waals surface area contributed by atoms with E-state index in [1.165, 1.54) is 11.2 Å². The van der Waals surface area contributed by atoms with Crippen LogP contribution in [0.4, 0.5) is 11.8 Å². The SMILES string of the molecule is COc1cc2nc(N3CCN(C(=O)c4ccco4)C(C(=O)NCC(C)C)C3)nc(N)c2cc1OC. The van der Waals surface area contributed by atoms with Crippen LogP contribution in [0.5, 0.6) is 11.5 Å². The fourth-order valence-electron chi connectivity index (χ4n) is 4.00. The van der Waals surface area contributed by atoms with Gasteiger partial charge in [-0.15, -0.1) is 0 Å². The molecule has 4 rings (SSSR count). The highest BCUT2D eigenvalue weighted by Crippen LogP contribution is 2.34. The highest BCUT2D eigenvalue weighted by molar-refractivity contribution is 5.96. The van der Waals surface area contributed by atoms with Gasteiger partial charge in [-0.25, -0.2) is 4.98 Å². The highest BCUT2D eigenvalue weighted by atomic mass is 16.5. The van der Waals surface area contributed by atoms with Crippen molar-refractivity contribution in [1.82, 2.24) is 20.2 Å². The summed E-state index contributed by atoms with van der Waals surface area (Å²) in [5.41, 5.74) is 6.85. The van der Waals surface area contributed by atoms with Gasteiger partial charge in [-0.2, -0.15) is 4.98 Å². The lowest BCUT2D eigenvalue weighted by Gasteiger charge is -2.40. The molecule has 3 heterocycles. The molecule has 0 radical (unpaired) electrons. The second kappa shape index (κ2) is 10.1. The maximum atomic E-state index is 13.1. The molecule has 3 aromatic rings. The molecule has 1 aliphatic heterocycles. The van der Waals surface area contributed by atoms with Crippen molar-refractivity contribution in [2.75, 3.05) is 51.0 Å². The highest BCUT2D eigenvalue weighted by Gasteiger charge is 2.37. The molecule has 0 aliphatic carbocycles. The molecular weight excluding hydrogens is 452 g/mol. The number of hydrogen-bond donors (Lipinski definition) is 2. The van der Waals surface area contributed by atoms with Gasteiger partial charge in [0.1, 0.15) is 11.9 Å². The van der Waals surface area contributed by atoms with Gasteiger partial charge in [-0.1, -0.05) is 13.8 Å². The number of aromatic nitrogens is 2. The maximum absolute atomic E-state index is 13.1. The molecule has 1 saturated heterocycles. The minimum atomic E-state index is -0.758. The van der Waals surface area contributed by atoms with Crippen molar-refractivity contribution >= 4 is 34.5 Å². The molecule has 1 unspecified atom stereocenters. The van der Waals surface area contributed by atoms with Crippen molar-refractivity contribution in [2.45, 2.75) is 19.9 Å². The number of nitrogens with one attached hydrogen (secondary N) is 1. The van der Waals surface area contributed by atoms with E-state index in [4.69, 9.17) is 19.6 Å². The zero-order valence-corrected chi connectivity index (χ0v) is 20.3. The molecule has 0 spiro atoms. The van der Waals surface area contributed by atoms with Crippen LogP contribution in [0, 0.1) is 5.92 Å². The quantitative estimate of drug-likeness (QED) is 0.517. The normalized spacial score (nSPS) is 16.0. The van der Waals surface area contributed by atoms with E-state index in [0.29, 0.717) is 41.4 Å². The number of methoxy groups -OCH3 is 2. The van der Waals surface area contributed by atoms with Crippen molar-refractivity contribution in [3.05, 3.63) is 36.3 Å². The summed E-state index contributed by atoms with van der Waals surface area (Å²) < 4.78 is 16.0. The van der Waals surface area contributed by atoms with Gasteiger partial charge in [-0.05, 0) is 24.1 Å². The molecule has 2 amide bonds. The summed E-state index contributed by atoms with van der Waals surface area (Å²) in [5.74, 6) is 1.56. The number of amides is 2. The van der Waals surface area contributed by atoms with Crippen LogP contribution < -0.4 is 25.4 Å². The van der Waals surface area contributed by atoms with Crippen molar-refractivity contribution in [2.24, 2.45) is 5.92 Å². The van der Waals surface area contributed by atoms with Crippen LogP contribution in [-0.2, 0) is 4.79 Å². The third kappa shape index (κ3) is 4.93. The number of carbonyl (C=O) groups excluding carboxylic acids is 2. The number of piperazine rings is 1. The minimum Gasteiger partial charge on any atom is -0.493 e. The molecule has 186 valence electrons. The molecule has 0 saturated carbocycles. The number of rotatable bonds is 7. The van der Waals surface area contributed by atoms with Crippen LogP contribution in [0.15, 0.2) is 34.9 Å². The van der Waals surface area contributed by atoms with Gasteiger partial charge in [0.25, 0.3) is 5.91 Å². The van der Waals surface area contributed by atoms with E-state index in [1.807, 2.05) is 18.7 Å². The zero-order chi connectivity index (χ0) is 25.1. The number of ether oxygens (including phenoxy) is 2. The third-order valence-electron chi connectivity index (χ3n) is 5.86. The lowest BCUT2D eigenvalue weighted by molar-refractivity contribution is -0.126. The summed E-state index contributed by atoms with van der Waals surface area (Å²) in [6.45, 7) is 5.42. The van der Waals surface area contributed by atoms with E-state index in [-0.39, 0.29) is 42.4 Å². The predicted octanol–water partition coefficient (Wildman–Crippen LogP) is 1.93. The Morgan fingerprint density at radius 3 is 2.60 bits per heavy atom. The number of nitrogen functional groups attached to an aromatic ring is 1. The summed E-state index contributed by atoms with van der Waals surface area (Å²) in [6.07, 6.45) is 1.44. The summed E-state index contributed by atoms with van der Waals surface area (Å²) in [4.78, 5) is 38.8. The number of furan rings is 1. The number of carbonyl (C=O) groups is 2. The molecule has 1 aromatic carbocycles. The first-order valence-electron chi connectivity index (χ1n) is 11.4. The van der Waals surface area contributed by atoms with Crippen LogP contribution in [-0.4, -0.2) is 73.1 Å². The van der Waals surface area contributed by atoms with Crippen LogP contribution in [0.3, 0.4) is 0 Å². The van der Waals surface area contributed by atoms with E-state index in [9.17, 15) is 9.59 Å². The minimum absolute atomic E-state index is 0.187. The van der Waals surface area contributed by atoms with Crippen molar-refractivity contribution < 1.29 is 23.5 Å². The average molecular weight is 483 g/mol. The van der Waals surface area contributed by atoms with E-state index < -0.39 is 6.04 Å². The van der Waals surface area contributed by atoms with Gasteiger partial charge in [0.05, 0.1) is 32.5 Å². The monoisotopic (exact) mass is 482 g/mol. The summed E-state index contributed by atoms with van der Waals surface area (Å²) in [5, 5.41) is 3.57. The van der Waals surface area contributed by atoms with Crippen LogP contribution in [0.25, 0.3) is 10.9 Å². The Balaban J connectivity index is 1.65. The number of hydrogen-bond acceptors (Lipinski definition) is 9. The fraction of sp³-hybridized carbons (Fsp3) is 0.417. The van der Waals surface area contributed by atoms with Gasteiger partial charge in [0, 0.05) is 31.1 Å². The maximum Gasteiger partial charge on any atom is 0.290 e. The lowest BCUT2D eigenvalue weighted by atomic mass is 10.1. The smallest absolute Gasteiger partial charge is 0.290 e. The van der Waals surface area contributed by atoms with Gasteiger partial charge in [-0.3, -0.25) is 9.59 Å². The summed E-state index contributed by atoms with van der Waals surface area (Å²) in [6, 6.07) is 5.94. The predicted molar refractivity (Wildman–Crippen MR) is 131 cm³/mol. The van der Waals surface area contributed by atoms with Crippen LogP contribution >= 0.6 is 0 Å². The van der Waals surface area contributed by atoms with E-state index in [2.05, 4.69) is 15.3 Å². The topological polar surface area (TPSA) is 136 Å². The van der Waals surface area contributed by atoms with Crippen molar-refractivity contribution in [3.8, 4) is 11.5 Å². The van der Waals surface area contributed by atoms with Gasteiger partial charge in [0.2, 0.25) is 11.9 Å². The van der Waals surface area contributed by atoms with Crippen molar-refractivity contribution in [1.29, 1.82) is 0 Å². The molecule has 1 aliphatic rings. The molecule has 2 aromatic heterocycles. The number of nitrogens with two attached hydrogens (primary N) is 1. The first kappa shape index (κ1) is 24.1. The van der Waals surface area contributed by atoms with Gasteiger partial charge >= 0.3 is 0 Å². The summed E-state index contributed by atoms with van der Waals surface area (Å²) in [7, 11) is 3.09. The number of benzene rings is 1. The van der Waals surface area contributed by atoms with E-state index in [1.54, 1.807) is 38.5 Å². The van der Waals surface area contributed by atoms with E-state index in [0.717, 1.165) is 0 Å². The molecule has 11 heteroatoms. The van der Waals surface area contributed by atoms with Gasteiger partial charge in [0.15, 0.2) is 17.3 Å². The second-order valence-electron chi connectivity index (χ2n) is 8.71. The first-order chi connectivity index (χ1) is 16.8. The Morgan fingerprint density at radius 1 is 1.20 bits per heavy atom. The summed E-state index contributed by atoms with van der Waals surface area (Å²) >= 11 is 0. The Hall–Kier alpha value is -4.02. The Kier molecular flexibility index (Phi) is 6.94. The third-order valence-corrected chi connectivity index (χ3v) is 5.86. The van der Waals surface area contributed by atoms with Crippen LogP contribution in [0.1, 0.15) is 24.4 Å². The zero-order valence-electron chi connectivity index (χ0n) is 20.3. The molecule has 0 bridgehead atoms. The molecule has 1 fully saturated rings. The van der Waals surface area contributed by atoms with Crippen molar-refractivity contribution in [3.63, 3.8) is 0 Å². The lowest BCUT2D eigenvalue weighted by Crippen LogP contribution is -2.61. The number of anilines is 2. The second-order valence-corrected chi connectivity index (χ2v) is 8.71. The Labute approximate surface area is 203 Å². The standard InChI is InChI=1S/C24H30N6O5/c1-14(2)12-26-22(31)17-13-29(7-8-30(17)23(32)18-6-5-9-35-18)24-27-16-11-20(34-4)19(33-3)10-15(16)21(25)28-24/h5-6,9-11,14,17H,7-8,12-13H2,1-4H3,(H,26,31)(H2,25,27,28). The molecular formula is C24H30N6O5. The molecule has 11 nitrogen and oxygen atoms in total. The number of fused-ring (bicyclic) bond motifs is 1. The molecule has 35 heavy (non-hydrogen) atoms. The van der Waals surface area contributed by atoms with Gasteiger partial charge < -0.3 is 34.7 Å². The molecule has 3 N–H and O–H groups in total. The molecule has 1 atom stereocenters. The Morgan fingerprint density at radius 2 is 1.94 bits per heavy atom. The largest absolute Gasteiger partial charge is 0.493 e.